The van der Waals surface area contributed by atoms with Gasteiger partial charge in [-0.1, -0.05) is 11.6 Å². The van der Waals surface area contributed by atoms with Crippen LogP contribution in [0.5, 0.6) is 0 Å². The number of carbonyl (C=O) groups excluding carboxylic acids is 1. The van der Waals surface area contributed by atoms with E-state index in [2.05, 4.69) is 30.4 Å². The van der Waals surface area contributed by atoms with Gasteiger partial charge in [0, 0.05) is 23.2 Å². The van der Waals surface area contributed by atoms with E-state index in [0.717, 1.165) is 18.7 Å². The first-order chi connectivity index (χ1) is 9.93. The van der Waals surface area contributed by atoms with Gasteiger partial charge in [0.25, 0.3) is 0 Å². The number of nitrogens with one attached hydrogen (secondary N) is 1. The van der Waals surface area contributed by atoms with E-state index in [1.165, 1.54) is 0 Å². The average molecular weight is 330 g/mol. The zero-order valence-electron chi connectivity index (χ0n) is 12.9. The van der Waals surface area contributed by atoms with E-state index in [0.29, 0.717) is 28.9 Å². The lowest BCUT2D eigenvalue weighted by Crippen LogP contribution is -2.32. The molecule has 0 heterocycles. The van der Waals surface area contributed by atoms with Gasteiger partial charge in [0.15, 0.2) is 0 Å². The topological polar surface area (TPSA) is 58.4 Å². The van der Waals surface area contributed by atoms with E-state index >= 15 is 0 Å². The van der Waals surface area contributed by atoms with Gasteiger partial charge >= 0.3 is 0 Å². The molecular weight excluding hydrogens is 306 g/mol. The normalized spacial score (nSPS) is 12.4. The molecule has 1 atom stereocenters. The Morgan fingerprint density at radius 1 is 1.52 bits per heavy atom. The lowest BCUT2D eigenvalue weighted by Gasteiger charge is -2.23. The van der Waals surface area contributed by atoms with Crippen molar-refractivity contribution in [2.45, 2.75) is 25.8 Å². The van der Waals surface area contributed by atoms with Crippen molar-refractivity contribution in [3.8, 4) is 0 Å². The first kappa shape index (κ1) is 18.1. The number of anilines is 2. The summed E-state index contributed by atoms with van der Waals surface area (Å²) in [6, 6.07) is 5.60. The highest BCUT2D eigenvalue weighted by Crippen LogP contribution is 2.22. The van der Waals surface area contributed by atoms with Crippen molar-refractivity contribution in [3.05, 3.63) is 23.2 Å². The number of carbonyl (C=O) groups is 1. The lowest BCUT2D eigenvalue weighted by molar-refractivity contribution is -0.116. The maximum atomic E-state index is 11.9. The third-order valence-corrected chi connectivity index (χ3v) is 4.41. The molecule has 1 rings (SSSR count). The summed E-state index contributed by atoms with van der Waals surface area (Å²) in [5.41, 5.74) is 6.92. The fourth-order valence-corrected chi connectivity index (χ4v) is 2.86. The Morgan fingerprint density at radius 3 is 2.86 bits per heavy atom. The zero-order chi connectivity index (χ0) is 15.8. The highest BCUT2D eigenvalue weighted by Gasteiger charge is 2.10. The Balaban J connectivity index is 2.34. The van der Waals surface area contributed by atoms with E-state index in [4.69, 9.17) is 17.3 Å². The number of hydrogen-bond donors (Lipinski definition) is 2. The molecule has 3 N–H and O–H groups in total. The number of thioether (sulfide) groups is 1. The molecule has 0 bridgehead atoms. The molecule has 0 aromatic heterocycles. The fourth-order valence-electron chi connectivity index (χ4n) is 1.94. The summed E-state index contributed by atoms with van der Waals surface area (Å²) in [5.74, 6) is 1.08. The molecule has 1 amide bonds. The van der Waals surface area contributed by atoms with Crippen LogP contribution in [0.2, 0.25) is 5.02 Å². The largest absolute Gasteiger partial charge is 0.397 e. The molecule has 21 heavy (non-hydrogen) atoms. The third-order valence-electron chi connectivity index (χ3n) is 3.36. The summed E-state index contributed by atoms with van der Waals surface area (Å²) in [6.07, 6.45) is 3.42. The molecule has 0 spiro atoms. The van der Waals surface area contributed by atoms with Crippen LogP contribution in [0.25, 0.3) is 0 Å². The van der Waals surface area contributed by atoms with Gasteiger partial charge in [-0.3, -0.25) is 4.79 Å². The van der Waals surface area contributed by atoms with Crippen LogP contribution in [-0.2, 0) is 4.79 Å². The predicted molar refractivity (Wildman–Crippen MR) is 94.2 cm³/mol. The summed E-state index contributed by atoms with van der Waals surface area (Å²) in [5, 5.41) is 3.39. The molecular formula is C15H24ClN3OS. The minimum absolute atomic E-state index is 0.0186. The molecule has 0 fully saturated rings. The molecule has 0 aliphatic carbocycles. The van der Waals surface area contributed by atoms with Crippen LogP contribution in [0.15, 0.2) is 18.2 Å². The number of halogens is 1. The Bertz CT molecular complexity index is 470. The Kier molecular flexibility index (Phi) is 7.93. The summed E-state index contributed by atoms with van der Waals surface area (Å²) in [7, 11) is 2.09. The van der Waals surface area contributed by atoms with Gasteiger partial charge in [0.1, 0.15) is 0 Å². The molecule has 0 aliphatic rings. The summed E-state index contributed by atoms with van der Waals surface area (Å²) >= 11 is 7.66. The monoisotopic (exact) mass is 329 g/mol. The standard InChI is InChI=1S/C15H24ClN3OS/c1-11(10-21-3)19(2)8-4-5-15(20)18-14-7-6-12(16)9-13(14)17/h6-7,9,11H,4-5,8,10,17H2,1-3H3,(H,18,20). The molecule has 1 aromatic carbocycles. The Hall–Kier alpha value is -0.910. The molecule has 0 saturated heterocycles. The molecule has 1 aromatic rings. The van der Waals surface area contributed by atoms with Crippen LogP contribution in [0.1, 0.15) is 19.8 Å². The van der Waals surface area contributed by atoms with Gasteiger partial charge in [-0.15, -0.1) is 0 Å². The van der Waals surface area contributed by atoms with E-state index in [1.807, 2.05) is 11.8 Å². The molecule has 4 nitrogen and oxygen atoms in total. The molecule has 0 radical (unpaired) electrons. The van der Waals surface area contributed by atoms with Gasteiger partial charge in [-0.05, 0) is 51.4 Å². The summed E-state index contributed by atoms with van der Waals surface area (Å²) < 4.78 is 0. The highest BCUT2D eigenvalue weighted by atomic mass is 35.5. The van der Waals surface area contributed by atoms with E-state index in [9.17, 15) is 4.79 Å². The van der Waals surface area contributed by atoms with Crippen molar-refractivity contribution in [1.29, 1.82) is 0 Å². The number of nitrogens with zero attached hydrogens (tertiary/aromatic N) is 1. The van der Waals surface area contributed by atoms with Crippen LogP contribution in [0.4, 0.5) is 11.4 Å². The maximum Gasteiger partial charge on any atom is 0.224 e. The van der Waals surface area contributed by atoms with Crippen molar-refractivity contribution < 1.29 is 4.79 Å². The molecule has 0 saturated carbocycles. The molecule has 6 heteroatoms. The number of amides is 1. The first-order valence-electron chi connectivity index (χ1n) is 6.98. The van der Waals surface area contributed by atoms with Gasteiger partial charge < -0.3 is 16.0 Å². The Labute approximate surface area is 136 Å². The third kappa shape index (κ3) is 6.59. The first-order valence-corrected chi connectivity index (χ1v) is 8.75. The molecule has 0 aliphatic heterocycles. The quantitative estimate of drug-likeness (QED) is 0.718. The van der Waals surface area contributed by atoms with Crippen molar-refractivity contribution in [2.24, 2.45) is 0 Å². The highest BCUT2D eigenvalue weighted by molar-refractivity contribution is 7.98. The number of nitrogen functional groups attached to an aromatic ring is 1. The SMILES string of the molecule is CSCC(C)N(C)CCCC(=O)Nc1ccc(Cl)cc1N. The van der Waals surface area contributed by atoms with E-state index in [1.54, 1.807) is 18.2 Å². The van der Waals surface area contributed by atoms with Crippen molar-refractivity contribution >= 4 is 40.6 Å². The number of nitrogens with two attached hydrogens (primary N) is 1. The lowest BCUT2D eigenvalue weighted by atomic mass is 10.2. The molecule has 1 unspecified atom stereocenters. The van der Waals surface area contributed by atoms with Crippen molar-refractivity contribution in [2.75, 3.05) is 36.7 Å². The van der Waals surface area contributed by atoms with Gasteiger partial charge in [0.05, 0.1) is 11.4 Å². The molecule has 118 valence electrons. The summed E-state index contributed by atoms with van der Waals surface area (Å²) in [4.78, 5) is 14.2. The fraction of sp³-hybridized carbons (Fsp3) is 0.533. The second-order valence-corrected chi connectivity index (χ2v) is 6.52. The second-order valence-electron chi connectivity index (χ2n) is 5.17. The smallest absolute Gasteiger partial charge is 0.224 e. The minimum atomic E-state index is -0.0186. The number of hydrogen-bond acceptors (Lipinski definition) is 4. The average Bonchev–Trinajstić information content (AvgIpc) is 2.42. The number of rotatable bonds is 8. The van der Waals surface area contributed by atoms with Crippen molar-refractivity contribution in [3.63, 3.8) is 0 Å². The van der Waals surface area contributed by atoms with E-state index in [-0.39, 0.29) is 5.91 Å². The predicted octanol–water partition coefficient (Wildman–Crippen LogP) is 3.32. The number of benzene rings is 1. The maximum absolute atomic E-state index is 11.9. The van der Waals surface area contributed by atoms with E-state index < -0.39 is 0 Å². The van der Waals surface area contributed by atoms with Gasteiger partial charge in [-0.2, -0.15) is 11.8 Å². The minimum Gasteiger partial charge on any atom is -0.397 e. The van der Waals surface area contributed by atoms with Crippen LogP contribution < -0.4 is 11.1 Å². The van der Waals surface area contributed by atoms with Crippen LogP contribution >= 0.6 is 23.4 Å². The zero-order valence-corrected chi connectivity index (χ0v) is 14.4. The van der Waals surface area contributed by atoms with Crippen molar-refractivity contribution in [1.82, 2.24) is 4.90 Å². The van der Waals surface area contributed by atoms with Gasteiger partial charge in [0.2, 0.25) is 5.91 Å². The van der Waals surface area contributed by atoms with Crippen LogP contribution in [0, 0.1) is 0 Å². The van der Waals surface area contributed by atoms with Gasteiger partial charge in [-0.25, -0.2) is 0 Å². The van der Waals surface area contributed by atoms with Crippen LogP contribution in [-0.4, -0.2) is 42.4 Å². The van der Waals surface area contributed by atoms with Crippen LogP contribution in [0.3, 0.4) is 0 Å². The Morgan fingerprint density at radius 2 is 2.24 bits per heavy atom. The second kappa shape index (κ2) is 9.18. The summed E-state index contributed by atoms with van der Waals surface area (Å²) in [6.45, 7) is 3.11.